The average Bonchev–Trinajstić information content (AvgIpc) is 3.03. The van der Waals surface area contributed by atoms with Gasteiger partial charge in [0.2, 0.25) is 0 Å². The number of carbonyl (C=O) groups is 1. The molecule has 2 heterocycles. The van der Waals surface area contributed by atoms with E-state index in [4.69, 9.17) is 0 Å². The van der Waals surface area contributed by atoms with Crippen LogP contribution in [0.2, 0.25) is 0 Å². The van der Waals surface area contributed by atoms with Gasteiger partial charge in [0.05, 0.1) is 10.2 Å². The lowest BCUT2D eigenvalue weighted by Gasteiger charge is -2.28. The maximum absolute atomic E-state index is 12.4. The number of hydrogen-bond acceptors (Lipinski definition) is 4. The molecule has 0 aliphatic carbocycles. The number of carbonyl (C=O) groups excluding carboxylic acids is 1. The highest BCUT2D eigenvalue weighted by molar-refractivity contribution is 9.10. The summed E-state index contributed by atoms with van der Waals surface area (Å²) in [5, 5.41) is 10.0. The van der Waals surface area contributed by atoms with Crippen molar-refractivity contribution < 1.29 is 4.79 Å². The minimum Gasteiger partial charge on any atom is -0.370 e. The van der Waals surface area contributed by atoms with E-state index in [1.165, 1.54) is 17.2 Å². The van der Waals surface area contributed by atoms with Crippen molar-refractivity contribution >= 4 is 39.3 Å². The number of halogens is 1. The van der Waals surface area contributed by atoms with Crippen molar-refractivity contribution in [3.8, 4) is 0 Å². The average molecular weight is 423 g/mol. The first-order valence-electron chi connectivity index (χ1n) is 8.50. The van der Waals surface area contributed by atoms with Crippen LogP contribution in [0.3, 0.4) is 0 Å². The van der Waals surface area contributed by atoms with Gasteiger partial charge in [-0.15, -0.1) is 0 Å². The SMILES string of the molecule is CC(C)c1[nH]nc(C(=O)NCc2ccc(N3CCSCC3)cc2)c1Br. The molecule has 134 valence electrons. The van der Waals surface area contributed by atoms with Gasteiger partial charge in [-0.05, 0) is 39.5 Å². The van der Waals surface area contributed by atoms with Crippen LogP contribution >= 0.6 is 27.7 Å². The van der Waals surface area contributed by atoms with E-state index in [9.17, 15) is 4.79 Å². The number of hydrogen-bond donors (Lipinski definition) is 2. The Hall–Kier alpha value is -1.47. The molecular weight excluding hydrogens is 400 g/mol. The number of nitrogens with one attached hydrogen (secondary N) is 2. The van der Waals surface area contributed by atoms with Crippen molar-refractivity contribution in [2.24, 2.45) is 0 Å². The van der Waals surface area contributed by atoms with Gasteiger partial charge in [0.1, 0.15) is 0 Å². The number of nitrogens with zero attached hydrogens (tertiary/aromatic N) is 2. The van der Waals surface area contributed by atoms with Crippen LogP contribution in [-0.4, -0.2) is 40.7 Å². The summed E-state index contributed by atoms with van der Waals surface area (Å²) in [4.78, 5) is 14.8. The molecule has 1 aromatic carbocycles. The first kappa shape index (κ1) is 18.3. The molecule has 1 aliphatic heterocycles. The summed E-state index contributed by atoms with van der Waals surface area (Å²) in [7, 11) is 0. The van der Waals surface area contributed by atoms with Crippen molar-refractivity contribution in [2.45, 2.75) is 26.3 Å². The quantitative estimate of drug-likeness (QED) is 0.769. The number of benzene rings is 1. The minimum absolute atomic E-state index is 0.174. The third-order valence-electron chi connectivity index (χ3n) is 4.29. The predicted octanol–water partition coefficient (Wildman–Crippen LogP) is 3.78. The molecular formula is C18H23BrN4OS. The van der Waals surface area contributed by atoms with E-state index in [0.717, 1.165) is 28.8 Å². The Morgan fingerprint density at radius 3 is 2.60 bits per heavy atom. The second-order valence-electron chi connectivity index (χ2n) is 6.40. The van der Waals surface area contributed by atoms with Gasteiger partial charge in [0.15, 0.2) is 5.69 Å². The highest BCUT2D eigenvalue weighted by atomic mass is 79.9. The lowest BCUT2D eigenvalue weighted by atomic mass is 10.1. The summed E-state index contributed by atoms with van der Waals surface area (Å²) in [5.41, 5.74) is 3.69. The molecule has 2 aromatic rings. The van der Waals surface area contributed by atoms with E-state index in [0.29, 0.717) is 12.2 Å². The summed E-state index contributed by atoms with van der Waals surface area (Å²) in [6.45, 7) is 6.81. The van der Waals surface area contributed by atoms with Crippen LogP contribution in [0.5, 0.6) is 0 Å². The number of thioether (sulfide) groups is 1. The van der Waals surface area contributed by atoms with Crippen LogP contribution in [0.25, 0.3) is 0 Å². The normalized spacial score (nSPS) is 14.8. The molecule has 1 amide bonds. The number of rotatable bonds is 5. The summed E-state index contributed by atoms with van der Waals surface area (Å²) in [6, 6.07) is 8.44. The van der Waals surface area contributed by atoms with E-state index in [1.54, 1.807) is 0 Å². The Morgan fingerprint density at radius 1 is 1.32 bits per heavy atom. The molecule has 0 bridgehead atoms. The van der Waals surface area contributed by atoms with Crippen molar-refractivity contribution in [1.29, 1.82) is 0 Å². The number of anilines is 1. The summed E-state index contributed by atoms with van der Waals surface area (Å²) >= 11 is 5.48. The molecule has 1 aliphatic rings. The van der Waals surface area contributed by atoms with Gasteiger partial charge in [0.25, 0.3) is 5.91 Å². The number of H-pyrrole nitrogens is 1. The van der Waals surface area contributed by atoms with E-state index >= 15 is 0 Å². The Bertz CT molecular complexity index is 723. The van der Waals surface area contributed by atoms with E-state index in [1.807, 2.05) is 11.8 Å². The van der Waals surface area contributed by atoms with Gasteiger partial charge in [-0.1, -0.05) is 26.0 Å². The summed E-state index contributed by atoms with van der Waals surface area (Å²) in [5.74, 6) is 2.49. The van der Waals surface area contributed by atoms with Crippen LogP contribution < -0.4 is 10.2 Å². The van der Waals surface area contributed by atoms with Crippen LogP contribution in [0.1, 0.15) is 41.5 Å². The second-order valence-corrected chi connectivity index (χ2v) is 8.42. The van der Waals surface area contributed by atoms with E-state index in [2.05, 4.69) is 74.5 Å². The third kappa shape index (κ3) is 4.39. The van der Waals surface area contributed by atoms with Crippen LogP contribution in [0.15, 0.2) is 28.7 Å². The van der Waals surface area contributed by atoms with Crippen molar-refractivity contribution in [3.63, 3.8) is 0 Å². The minimum atomic E-state index is -0.174. The summed E-state index contributed by atoms with van der Waals surface area (Å²) in [6.07, 6.45) is 0. The number of aromatic amines is 1. The zero-order valence-electron chi connectivity index (χ0n) is 14.5. The maximum atomic E-state index is 12.4. The maximum Gasteiger partial charge on any atom is 0.273 e. The Labute approximate surface area is 161 Å². The first-order valence-corrected chi connectivity index (χ1v) is 10.4. The molecule has 0 unspecified atom stereocenters. The summed E-state index contributed by atoms with van der Waals surface area (Å²) < 4.78 is 0.748. The molecule has 1 fully saturated rings. The fraction of sp³-hybridized carbons (Fsp3) is 0.444. The molecule has 3 rings (SSSR count). The number of aromatic nitrogens is 2. The lowest BCUT2D eigenvalue weighted by molar-refractivity contribution is 0.0945. The molecule has 2 N–H and O–H groups in total. The topological polar surface area (TPSA) is 61.0 Å². The third-order valence-corrected chi connectivity index (χ3v) is 6.04. The molecule has 1 aromatic heterocycles. The molecule has 0 saturated carbocycles. The predicted molar refractivity (Wildman–Crippen MR) is 108 cm³/mol. The fourth-order valence-corrected chi connectivity index (χ4v) is 4.51. The number of amides is 1. The van der Waals surface area contributed by atoms with Gasteiger partial charge in [0, 0.05) is 36.8 Å². The van der Waals surface area contributed by atoms with E-state index in [-0.39, 0.29) is 11.8 Å². The van der Waals surface area contributed by atoms with Crippen LogP contribution in [0.4, 0.5) is 5.69 Å². The first-order chi connectivity index (χ1) is 12.1. The molecule has 5 nitrogen and oxygen atoms in total. The zero-order valence-corrected chi connectivity index (χ0v) is 16.9. The lowest BCUT2D eigenvalue weighted by Crippen LogP contribution is -2.32. The van der Waals surface area contributed by atoms with Crippen molar-refractivity contribution in [3.05, 3.63) is 45.7 Å². The largest absolute Gasteiger partial charge is 0.370 e. The monoisotopic (exact) mass is 422 g/mol. The Kier molecular flexibility index (Phi) is 6.06. The molecule has 0 atom stereocenters. The smallest absolute Gasteiger partial charge is 0.273 e. The van der Waals surface area contributed by atoms with Gasteiger partial charge in [-0.25, -0.2) is 0 Å². The Balaban J connectivity index is 1.58. The zero-order chi connectivity index (χ0) is 17.8. The molecule has 0 spiro atoms. The highest BCUT2D eigenvalue weighted by Crippen LogP contribution is 2.25. The highest BCUT2D eigenvalue weighted by Gasteiger charge is 2.19. The van der Waals surface area contributed by atoms with Crippen LogP contribution in [-0.2, 0) is 6.54 Å². The Morgan fingerprint density at radius 2 is 2.00 bits per heavy atom. The van der Waals surface area contributed by atoms with Crippen molar-refractivity contribution in [2.75, 3.05) is 29.5 Å². The van der Waals surface area contributed by atoms with Crippen LogP contribution in [0, 0.1) is 0 Å². The van der Waals surface area contributed by atoms with Gasteiger partial charge in [-0.3, -0.25) is 9.89 Å². The van der Waals surface area contributed by atoms with E-state index < -0.39 is 0 Å². The molecule has 25 heavy (non-hydrogen) atoms. The standard InChI is InChI=1S/C18H23BrN4OS/c1-12(2)16-15(19)17(22-21-16)18(24)20-11-13-3-5-14(6-4-13)23-7-9-25-10-8-23/h3-6,12H,7-11H2,1-2H3,(H,20,24)(H,21,22). The molecule has 0 radical (unpaired) electrons. The van der Waals surface area contributed by atoms with Gasteiger partial charge < -0.3 is 10.2 Å². The molecule has 1 saturated heterocycles. The fourth-order valence-electron chi connectivity index (χ4n) is 2.79. The van der Waals surface area contributed by atoms with Gasteiger partial charge >= 0.3 is 0 Å². The van der Waals surface area contributed by atoms with Gasteiger partial charge in [-0.2, -0.15) is 16.9 Å². The second kappa shape index (κ2) is 8.27. The van der Waals surface area contributed by atoms with Crippen molar-refractivity contribution in [1.82, 2.24) is 15.5 Å². The molecule has 7 heteroatoms.